The van der Waals surface area contributed by atoms with E-state index in [2.05, 4.69) is 20.8 Å². The van der Waals surface area contributed by atoms with E-state index >= 15 is 0 Å². The minimum Gasteiger partial charge on any atom is -0.467 e. The molecular weight excluding hydrogens is 250 g/mol. The Hall–Kier alpha value is -0.620. The monoisotopic (exact) mass is 259 g/mol. The molecular formula is C9H10BrNO3. The Labute approximate surface area is 90.0 Å². The fourth-order valence-corrected chi connectivity index (χ4v) is 1.85. The topological polar surface area (TPSA) is 53.7 Å². The first-order valence-electron chi connectivity index (χ1n) is 4.15. The van der Waals surface area contributed by atoms with Gasteiger partial charge in [-0.1, -0.05) is 15.9 Å². The van der Waals surface area contributed by atoms with Crippen LogP contribution in [0.15, 0.2) is 16.6 Å². The van der Waals surface area contributed by atoms with Crippen LogP contribution in [0, 0.1) is 0 Å². The van der Waals surface area contributed by atoms with Crippen molar-refractivity contribution in [1.82, 2.24) is 0 Å². The van der Waals surface area contributed by atoms with Gasteiger partial charge in [-0.2, -0.15) is 0 Å². The molecule has 1 aromatic rings. The summed E-state index contributed by atoms with van der Waals surface area (Å²) in [5.41, 5.74) is 2.00. The average Bonchev–Trinajstić information content (AvgIpc) is 2.19. The summed E-state index contributed by atoms with van der Waals surface area (Å²) in [5.74, 6) is 5.86. The maximum Gasteiger partial charge on any atom is 0.189 e. The molecule has 0 saturated carbocycles. The van der Waals surface area contributed by atoms with Crippen LogP contribution in [0.25, 0.3) is 0 Å². The summed E-state index contributed by atoms with van der Waals surface area (Å²) in [4.78, 5) is 4.58. The minimum absolute atomic E-state index is 0.303. The average molecular weight is 260 g/mol. The fraction of sp³-hybridized carbons (Fsp3) is 0.333. The molecule has 0 aromatic heterocycles. The predicted octanol–water partition coefficient (Wildman–Crippen LogP) is 1.71. The molecule has 5 heteroatoms. The first-order valence-corrected chi connectivity index (χ1v) is 4.94. The van der Waals surface area contributed by atoms with Gasteiger partial charge in [0.05, 0.1) is 13.2 Å². The van der Waals surface area contributed by atoms with Gasteiger partial charge in [0.15, 0.2) is 6.79 Å². The number of fused-ring (bicyclic) bond motifs is 1. The first kappa shape index (κ1) is 9.92. The molecule has 0 atom stereocenters. The summed E-state index contributed by atoms with van der Waals surface area (Å²) >= 11 is 3.43. The molecule has 0 amide bonds. The van der Waals surface area contributed by atoms with Gasteiger partial charge in [-0.3, -0.25) is 4.84 Å². The molecule has 0 saturated heterocycles. The third-order valence-corrected chi connectivity index (χ3v) is 2.76. The SMILES string of the molecule is NOCc1cc2c(cc1Br)COCO2. The summed E-state index contributed by atoms with van der Waals surface area (Å²) < 4.78 is 11.4. The zero-order valence-electron chi connectivity index (χ0n) is 7.46. The fourth-order valence-electron chi connectivity index (χ4n) is 1.34. The second kappa shape index (κ2) is 4.27. The molecule has 4 nitrogen and oxygen atoms in total. The molecule has 1 heterocycles. The van der Waals surface area contributed by atoms with E-state index in [1.165, 1.54) is 0 Å². The van der Waals surface area contributed by atoms with Crippen LogP contribution >= 0.6 is 15.9 Å². The molecule has 0 radical (unpaired) electrons. The molecule has 1 aliphatic heterocycles. The highest BCUT2D eigenvalue weighted by Crippen LogP contribution is 2.30. The molecule has 0 bridgehead atoms. The van der Waals surface area contributed by atoms with E-state index in [0.29, 0.717) is 20.0 Å². The molecule has 14 heavy (non-hydrogen) atoms. The maximum absolute atomic E-state index is 5.33. The standard InChI is InChI=1S/C9H10BrNO3/c10-8-1-7-3-12-5-13-9(7)2-6(8)4-14-11/h1-2H,3-5,11H2. The molecule has 2 N–H and O–H groups in total. The zero-order valence-corrected chi connectivity index (χ0v) is 9.04. The van der Waals surface area contributed by atoms with Crippen LogP contribution < -0.4 is 10.6 Å². The quantitative estimate of drug-likeness (QED) is 0.822. The number of nitrogens with two attached hydrogens (primary N) is 1. The predicted molar refractivity (Wildman–Crippen MR) is 53.4 cm³/mol. The smallest absolute Gasteiger partial charge is 0.189 e. The normalized spacial score (nSPS) is 14.7. The van der Waals surface area contributed by atoms with Gasteiger partial charge < -0.3 is 9.47 Å². The molecule has 0 aliphatic carbocycles. The largest absolute Gasteiger partial charge is 0.467 e. The van der Waals surface area contributed by atoms with E-state index in [1.807, 2.05) is 12.1 Å². The summed E-state index contributed by atoms with van der Waals surface area (Å²) in [6.45, 7) is 1.24. The Balaban J connectivity index is 2.35. The number of hydrogen-bond acceptors (Lipinski definition) is 4. The highest BCUT2D eigenvalue weighted by molar-refractivity contribution is 9.10. The van der Waals surface area contributed by atoms with Gasteiger partial charge in [0.2, 0.25) is 0 Å². The molecule has 76 valence electrons. The van der Waals surface area contributed by atoms with Gasteiger partial charge in [-0.25, -0.2) is 5.90 Å². The lowest BCUT2D eigenvalue weighted by Gasteiger charge is -2.19. The lowest BCUT2D eigenvalue weighted by atomic mass is 10.1. The van der Waals surface area contributed by atoms with Gasteiger partial charge in [-0.05, 0) is 17.7 Å². The Bertz CT molecular complexity index is 343. The van der Waals surface area contributed by atoms with Crippen molar-refractivity contribution in [2.45, 2.75) is 13.2 Å². The third-order valence-electron chi connectivity index (χ3n) is 2.02. The maximum atomic E-state index is 5.33. The second-order valence-corrected chi connectivity index (χ2v) is 3.83. The molecule has 0 fully saturated rings. The van der Waals surface area contributed by atoms with Crippen LogP contribution in [0.2, 0.25) is 0 Å². The van der Waals surface area contributed by atoms with Crippen LogP contribution in [0.4, 0.5) is 0 Å². The van der Waals surface area contributed by atoms with Crippen molar-refractivity contribution >= 4 is 15.9 Å². The third kappa shape index (κ3) is 1.90. The first-order chi connectivity index (χ1) is 6.81. The van der Waals surface area contributed by atoms with E-state index in [9.17, 15) is 0 Å². The van der Waals surface area contributed by atoms with Gasteiger partial charge in [0.1, 0.15) is 5.75 Å². The van der Waals surface area contributed by atoms with Crippen molar-refractivity contribution in [2.24, 2.45) is 5.90 Å². The molecule has 0 unspecified atom stereocenters. The Morgan fingerprint density at radius 1 is 1.50 bits per heavy atom. The van der Waals surface area contributed by atoms with Crippen molar-refractivity contribution in [3.05, 3.63) is 27.7 Å². The summed E-state index contributed by atoms with van der Waals surface area (Å²) in [6.07, 6.45) is 0. The second-order valence-electron chi connectivity index (χ2n) is 2.97. The summed E-state index contributed by atoms with van der Waals surface area (Å²) in [5, 5.41) is 0. The summed E-state index contributed by atoms with van der Waals surface area (Å²) in [7, 11) is 0. The van der Waals surface area contributed by atoms with E-state index in [-0.39, 0.29) is 0 Å². The Morgan fingerprint density at radius 2 is 2.36 bits per heavy atom. The molecule has 1 aliphatic rings. The lowest BCUT2D eigenvalue weighted by molar-refractivity contribution is -0.0166. The van der Waals surface area contributed by atoms with Crippen molar-refractivity contribution in [3.8, 4) is 5.75 Å². The Kier molecular flexibility index (Phi) is 3.02. The highest BCUT2D eigenvalue weighted by Gasteiger charge is 2.13. The number of halogens is 1. The highest BCUT2D eigenvalue weighted by atomic mass is 79.9. The van der Waals surface area contributed by atoms with E-state index in [4.69, 9.17) is 15.4 Å². The van der Waals surface area contributed by atoms with Crippen molar-refractivity contribution in [2.75, 3.05) is 6.79 Å². The van der Waals surface area contributed by atoms with Crippen molar-refractivity contribution in [1.29, 1.82) is 0 Å². The van der Waals surface area contributed by atoms with E-state index < -0.39 is 0 Å². The minimum atomic E-state index is 0.303. The van der Waals surface area contributed by atoms with Gasteiger partial charge >= 0.3 is 0 Å². The van der Waals surface area contributed by atoms with Crippen LogP contribution in [0.3, 0.4) is 0 Å². The lowest BCUT2D eigenvalue weighted by Crippen LogP contribution is -2.12. The van der Waals surface area contributed by atoms with Gasteiger partial charge in [0, 0.05) is 10.0 Å². The van der Waals surface area contributed by atoms with E-state index in [0.717, 1.165) is 21.3 Å². The number of rotatable bonds is 2. The van der Waals surface area contributed by atoms with Gasteiger partial charge in [0.25, 0.3) is 0 Å². The van der Waals surface area contributed by atoms with E-state index in [1.54, 1.807) is 0 Å². The van der Waals surface area contributed by atoms with Gasteiger partial charge in [-0.15, -0.1) is 0 Å². The Morgan fingerprint density at radius 3 is 3.14 bits per heavy atom. The molecule has 1 aromatic carbocycles. The number of hydrogen-bond donors (Lipinski definition) is 1. The zero-order chi connectivity index (χ0) is 9.97. The van der Waals surface area contributed by atoms with Crippen molar-refractivity contribution in [3.63, 3.8) is 0 Å². The van der Waals surface area contributed by atoms with Crippen LogP contribution in [0.5, 0.6) is 5.75 Å². The number of ether oxygens (including phenoxy) is 2. The molecule has 0 spiro atoms. The van der Waals surface area contributed by atoms with Crippen LogP contribution in [-0.4, -0.2) is 6.79 Å². The molecule has 2 rings (SSSR count). The van der Waals surface area contributed by atoms with Crippen LogP contribution in [0.1, 0.15) is 11.1 Å². The number of benzene rings is 1. The van der Waals surface area contributed by atoms with Crippen LogP contribution in [-0.2, 0) is 22.8 Å². The summed E-state index contributed by atoms with van der Waals surface area (Å²) in [6, 6.07) is 3.87. The van der Waals surface area contributed by atoms with Crippen molar-refractivity contribution < 1.29 is 14.3 Å².